The molecule has 0 radical (unpaired) electrons. The molecule has 2 unspecified atom stereocenters. The van der Waals surface area contributed by atoms with E-state index in [0.717, 1.165) is 24.6 Å². The van der Waals surface area contributed by atoms with Crippen LogP contribution in [0.4, 0.5) is 11.6 Å². The second-order valence-corrected chi connectivity index (χ2v) is 5.33. The van der Waals surface area contributed by atoms with E-state index in [1.165, 1.54) is 0 Å². The SMILES string of the molecule is CCCNc1cc(NCC2(O)CCOC2C)nc(C)n1. The van der Waals surface area contributed by atoms with Gasteiger partial charge in [-0.2, -0.15) is 0 Å². The monoisotopic (exact) mass is 280 g/mol. The van der Waals surface area contributed by atoms with Gasteiger partial charge in [-0.3, -0.25) is 0 Å². The topological polar surface area (TPSA) is 79.3 Å². The van der Waals surface area contributed by atoms with Gasteiger partial charge in [-0.05, 0) is 20.3 Å². The van der Waals surface area contributed by atoms with Crippen LogP contribution in [0.25, 0.3) is 0 Å². The quantitative estimate of drug-likeness (QED) is 0.734. The van der Waals surface area contributed by atoms with Crippen LogP contribution in [0.15, 0.2) is 6.07 Å². The maximum atomic E-state index is 10.5. The predicted octanol–water partition coefficient (Wildman–Crippen LogP) is 1.56. The highest BCUT2D eigenvalue weighted by Crippen LogP contribution is 2.26. The van der Waals surface area contributed by atoms with E-state index in [4.69, 9.17) is 4.74 Å². The molecular formula is C14H24N4O2. The van der Waals surface area contributed by atoms with Crippen molar-refractivity contribution < 1.29 is 9.84 Å². The largest absolute Gasteiger partial charge is 0.385 e. The third-order valence-corrected chi connectivity index (χ3v) is 3.63. The van der Waals surface area contributed by atoms with Crippen molar-refractivity contribution in [3.05, 3.63) is 11.9 Å². The molecule has 2 rings (SSSR count). The molecule has 2 atom stereocenters. The number of anilines is 2. The Labute approximate surface area is 120 Å². The second-order valence-electron chi connectivity index (χ2n) is 5.33. The van der Waals surface area contributed by atoms with Crippen LogP contribution < -0.4 is 10.6 Å². The molecule has 6 heteroatoms. The number of hydrogen-bond donors (Lipinski definition) is 3. The highest BCUT2D eigenvalue weighted by Gasteiger charge is 2.39. The molecule has 0 bridgehead atoms. The first-order valence-corrected chi connectivity index (χ1v) is 7.21. The second kappa shape index (κ2) is 6.37. The van der Waals surface area contributed by atoms with Crippen LogP contribution in [0.3, 0.4) is 0 Å². The summed E-state index contributed by atoms with van der Waals surface area (Å²) in [7, 11) is 0. The van der Waals surface area contributed by atoms with Crippen LogP contribution in [0.5, 0.6) is 0 Å². The Hall–Kier alpha value is -1.40. The molecule has 0 spiro atoms. The molecule has 0 saturated carbocycles. The Kier molecular flexibility index (Phi) is 4.77. The van der Waals surface area contributed by atoms with Crippen LogP contribution in [-0.4, -0.2) is 46.5 Å². The standard InChI is InChI=1S/C14H24N4O2/c1-4-6-15-12-8-13(18-11(3)17-12)16-9-14(19)5-7-20-10(14)2/h8,10,19H,4-7,9H2,1-3H3,(H2,15,16,17,18). The first-order chi connectivity index (χ1) is 9.53. The van der Waals surface area contributed by atoms with E-state index in [-0.39, 0.29) is 6.10 Å². The van der Waals surface area contributed by atoms with Crippen molar-refractivity contribution in [2.45, 2.75) is 45.3 Å². The number of ether oxygens (including phenoxy) is 1. The summed E-state index contributed by atoms with van der Waals surface area (Å²) in [6.07, 6.45) is 1.53. The van der Waals surface area contributed by atoms with Crippen LogP contribution in [-0.2, 0) is 4.74 Å². The zero-order valence-corrected chi connectivity index (χ0v) is 12.4. The van der Waals surface area contributed by atoms with Gasteiger partial charge in [0.05, 0.1) is 6.10 Å². The average Bonchev–Trinajstić information content (AvgIpc) is 2.74. The van der Waals surface area contributed by atoms with Gasteiger partial charge in [0, 0.05) is 32.2 Å². The minimum absolute atomic E-state index is 0.157. The fraction of sp³-hybridized carbons (Fsp3) is 0.714. The van der Waals surface area contributed by atoms with Gasteiger partial charge in [0.15, 0.2) is 0 Å². The number of hydrogen-bond acceptors (Lipinski definition) is 6. The molecule has 1 aliphatic heterocycles. The lowest BCUT2D eigenvalue weighted by Gasteiger charge is -2.26. The highest BCUT2D eigenvalue weighted by molar-refractivity contribution is 5.47. The summed E-state index contributed by atoms with van der Waals surface area (Å²) in [6.45, 7) is 7.78. The number of aromatic nitrogens is 2. The van der Waals surface area contributed by atoms with Gasteiger partial charge in [0.25, 0.3) is 0 Å². The number of nitrogens with one attached hydrogen (secondary N) is 2. The van der Waals surface area contributed by atoms with E-state index in [0.29, 0.717) is 25.4 Å². The van der Waals surface area contributed by atoms with Crippen LogP contribution in [0.2, 0.25) is 0 Å². The van der Waals surface area contributed by atoms with E-state index in [2.05, 4.69) is 27.5 Å². The van der Waals surface area contributed by atoms with Crippen LogP contribution in [0.1, 0.15) is 32.5 Å². The Morgan fingerprint density at radius 1 is 1.40 bits per heavy atom. The number of aliphatic hydroxyl groups is 1. The molecule has 2 heterocycles. The van der Waals surface area contributed by atoms with E-state index < -0.39 is 5.60 Å². The lowest BCUT2D eigenvalue weighted by Crippen LogP contribution is -2.43. The first kappa shape index (κ1) is 15.0. The number of aryl methyl sites for hydroxylation is 1. The summed E-state index contributed by atoms with van der Waals surface area (Å²) < 4.78 is 5.42. The summed E-state index contributed by atoms with van der Waals surface area (Å²) in [6, 6.07) is 1.87. The number of nitrogens with zero attached hydrogens (tertiary/aromatic N) is 2. The molecule has 1 aliphatic rings. The smallest absolute Gasteiger partial charge is 0.131 e. The molecule has 112 valence electrons. The van der Waals surface area contributed by atoms with Crippen molar-refractivity contribution in [2.75, 3.05) is 30.3 Å². The Morgan fingerprint density at radius 2 is 2.10 bits per heavy atom. The summed E-state index contributed by atoms with van der Waals surface area (Å²) in [5, 5.41) is 16.9. The van der Waals surface area contributed by atoms with Crippen molar-refractivity contribution in [2.24, 2.45) is 0 Å². The molecule has 20 heavy (non-hydrogen) atoms. The van der Waals surface area contributed by atoms with Gasteiger partial charge in [0.2, 0.25) is 0 Å². The molecule has 1 saturated heterocycles. The zero-order valence-electron chi connectivity index (χ0n) is 12.4. The van der Waals surface area contributed by atoms with Gasteiger partial charge in [0.1, 0.15) is 23.1 Å². The molecule has 6 nitrogen and oxygen atoms in total. The molecule has 0 aliphatic carbocycles. The summed E-state index contributed by atoms with van der Waals surface area (Å²) in [5.41, 5.74) is -0.824. The molecular weight excluding hydrogens is 256 g/mol. The fourth-order valence-electron chi connectivity index (χ4n) is 2.25. The fourth-order valence-corrected chi connectivity index (χ4v) is 2.25. The molecule has 1 fully saturated rings. The van der Waals surface area contributed by atoms with Crippen molar-refractivity contribution >= 4 is 11.6 Å². The van der Waals surface area contributed by atoms with E-state index in [1.54, 1.807) is 0 Å². The molecule has 0 aromatic carbocycles. The zero-order chi connectivity index (χ0) is 14.6. The van der Waals surface area contributed by atoms with Gasteiger partial charge in [-0.15, -0.1) is 0 Å². The summed E-state index contributed by atoms with van der Waals surface area (Å²) >= 11 is 0. The van der Waals surface area contributed by atoms with Crippen molar-refractivity contribution in [3.63, 3.8) is 0 Å². The molecule has 1 aromatic rings. The van der Waals surface area contributed by atoms with Gasteiger partial charge >= 0.3 is 0 Å². The highest BCUT2D eigenvalue weighted by atomic mass is 16.5. The number of rotatable bonds is 6. The Balaban J connectivity index is 2.00. The molecule has 3 N–H and O–H groups in total. The summed E-state index contributed by atoms with van der Waals surface area (Å²) in [5.74, 6) is 2.24. The first-order valence-electron chi connectivity index (χ1n) is 7.21. The normalized spacial score (nSPS) is 25.7. The summed E-state index contributed by atoms with van der Waals surface area (Å²) in [4.78, 5) is 8.68. The third-order valence-electron chi connectivity index (χ3n) is 3.63. The van der Waals surface area contributed by atoms with Gasteiger partial charge < -0.3 is 20.5 Å². The minimum atomic E-state index is -0.824. The van der Waals surface area contributed by atoms with Crippen molar-refractivity contribution in [1.29, 1.82) is 0 Å². The lowest BCUT2D eigenvalue weighted by atomic mass is 9.97. The molecule has 0 amide bonds. The van der Waals surface area contributed by atoms with Crippen LogP contribution in [0, 0.1) is 6.92 Å². The Bertz CT molecular complexity index is 455. The maximum Gasteiger partial charge on any atom is 0.131 e. The van der Waals surface area contributed by atoms with Crippen molar-refractivity contribution in [3.8, 4) is 0 Å². The molecule has 1 aromatic heterocycles. The predicted molar refractivity (Wildman–Crippen MR) is 79.0 cm³/mol. The average molecular weight is 280 g/mol. The lowest BCUT2D eigenvalue weighted by molar-refractivity contribution is -0.0176. The minimum Gasteiger partial charge on any atom is -0.385 e. The van der Waals surface area contributed by atoms with E-state index in [9.17, 15) is 5.11 Å². The van der Waals surface area contributed by atoms with Gasteiger partial charge in [-0.1, -0.05) is 6.92 Å². The third kappa shape index (κ3) is 3.58. The Morgan fingerprint density at radius 3 is 2.70 bits per heavy atom. The van der Waals surface area contributed by atoms with E-state index >= 15 is 0 Å². The van der Waals surface area contributed by atoms with Gasteiger partial charge in [-0.25, -0.2) is 9.97 Å². The van der Waals surface area contributed by atoms with Crippen LogP contribution >= 0.6 is 0 Å². The van der Waals surface area contributed by atoms with E-state index in [1.807, 2.05) is 19.9 Å². The van der Waals surface area contributed by atoms with Crippen molar-refractivity contribution in [1.82, 2.24) is 9.97 Å². The maximum absolute atomic E-state index is 10.5.